The third-order valence-corrected chi connectivity index (χ3v) is 21.5. The summed E-state index contributed by atoms with van der Waals surface area (Å²) in [6, 6.07) is 18.8. The molecule has 2 aromatic rings. The van der Waals surface area contributed by atoms with Crippen LogP contribution in [0.25, 0.3) is 0 Å². The van der Waals surface area contributed by atoms with Crippen molar-refractivity contribution in [2.24, 2.45) is 61.6 Å². The molecule has 1 saturated heterocycles. The molecule has 3 nitrogen and oxygen atoms in total. The van der Waals surface area contributed by atoms with Crippen LogP contribution in [-0.2, 0) is 12.8 Å². The fourth-order valence-electron chi connectivity index (χ4n) is 15.4. The summed E-state index contributed by atoms with van der Waals surface area (Å²) in [6.07, 6.45) is 48.0. The molecule has 3 saturated carbocycles. The Kier molecular flexibility index (Phi) is 61.7. The van der Waals surface area contributed by atoms with Crippen LogP contribution in [0.3, 0.4) is 0 Å². The first-order valence-corrected chi connectivity index (χ1v) is 46.0. The second-order valence-electron chi connectivity index (χ2n) is 45.1. The first kappa shape index (κ1) is 112. The molecule has 6 rings (SSSR count). The van der Waals surface area contributed by atoms with E-state index in [1.165, 1.54) is 236 Å². The van der Waals surface area contributed by atoms with Crippen molar-refractivity contribution >= 4 is 11.6 Å². The van der Waals surface area contributed by atoms with E-state index in [0.717, 1.165) is 54.6 Å². The molecule has 1 heterocycles. The molecular weight excluding hydrogens is 1310 g/mol. The zero-order valence-electron chi connectivity index (χ0n) is 80.6. The standard InChI is InChI=1S/C13H20.C12H17Cl.C12H24.C11H22.C10H21N.C10H23N.C10H20.C9H20.C8H19N.C8H16/c1-13(2,3)11-7-10-12-8-5-4-6-9-12;1-12(2,3)9-8-10-6-4-5-7-11(10)13;1-12(2,3)10-11-8-6-4-5-7-9-11;1-11(2,3)9-10-7-5-4-6-8-10;1-10(2,3)11-8-6-4-5-7-9-11;1-6-8-11(9-7-2)10(3,4)5;1-10(2,3)8-9-6-4-5-7-9;1-6-8(2)7-9(3,4)5;1-6-9(7-2)8(3,4)5;1-5-6-7-8(2,3)4/h4-6,8-9H,7,10-11H2,1-3H3;4-7H,8-9H2,1-3H3;11H,4-10H2,1-3H3;10H,4-9H2,1-3H3;4-9H2,1-3H3;6-9H2,1-5H3;9H,4-8H2,1-3H3;8H,6-7H2,1-5H3;6-7H2,1-5H3;5H,1,6-7H2,2-4H3. The lowest BCUT2D eigenvalue weighted by atomic mass is 9.78. The minimum absolute atomic E-state index is 0.351. The van der Waals surface area contributed by atoms with Gasteiger partial charge in [-0.2, -0.15) is 0 Å². The van der Waals surface area contributed by atoms with Gasteiger partial charge in [0.05, 0.1) is 0 Å². The van der Waals surface area contributed by atoms with Crippen molar-refractivity contribution in [3.63, 3.8) is 0 Å². The molecule has 0 bridgehead atoms. The number of benzene rings is 2. The Bertz CT molecular complexity index is 2240. The normalized spacial score (nSPS) is 16.6. The number of rotatable bonds is 18. The largest absolute Gasteiger partial charge is 0.299 e. The Morgan fingerprint density at radius 2 is 0.757 bits per heavy atom. The number of halogens is 1. The zero-order chi connectivity index (χ0) is 83.4. The van der Waals surface area contributed by atoms with Crippen LogP contribution in [0.1, 0.15) is 459 Å². The molecule has 107 heavy (non-hydrogen) atoms. The summed E-state index contributed by atoms with van der Waals surface area (Å²) in [6.45, 7) is 93.7. The van der Waals surface area contributed by atoms with Gasteiger partial charge in [-0.05, 0) is 277 Å². The molecule has 4 fully saturated rings. The van der Waals surface area contributed by atoms with Crippen molar-refractivity contribution in [3.05, 3.63) is 83.4 Å². The molecular formula is C103H202ClN3. The Balaban J connectivity index is -0.000000553. The van der Waals surface area contributed by atoms with E-state index in [1.807, 2.05) is 24.3 Å². The Morgan fingerprint density at radius 3 is 1.03 bits per heavy atom. The number of nitrogens with zero attached hydrogens (tertiary/aromatic N) is 3. The maximum atomic E-state index is 6.05. The van der Waals surface area contributed by atoms with E-state index < -0.39 is 0 Å². The van der Waals surface area contributed by atoms with Gasteiger partial charge < -0.3 is 0 Å². The average Bonchev–Trinajstić information content (AvgIpc) is 1.89. The quantitative estimate of drug-likeness (QED) is 0.109. The van der Waals surface area contributed by atoms with Crippen LogP contribution in [-0.4, -0.2) is 70.6 Å². The molecule has 0 amide bonds. The van der Waals surface area contributed by atoms with Crippen LogP contribution >= 0.6 is 11.6 Å². The van der Waals surface area contributed by atoms with Crippen LogP contribution in [0.5, 0.6) is 0 Å². The van der Waals surface area contributed by atoms with Crippen LogP contribution in [0.2, 0.25) is 5.02 Å². The topological polar surface area (TPSA) is 9.72 Å². The van der Waals surface area contributed by atoms with Crippen molar-refractivity contribution in [1.29, 1.82) is 0 Å². The van der Waals surface area contributed by atoms with Gasteiger partial charge in [-0.15, -0.1) is 6.58 Å². The van der Waals surface area contributed by atoms with Gasteiger partial charge in [-0.1, -0.05) is 369 Å². The van der Waals surface area contributed by atoms with Gasteiger partial charge in [0.15, 0.2) is 0 Å². The average molecular weight is 1520 g/mol. The minimum Gasteiger partial charge on any atom is -0.299 e. The molecule has 3 aliphatic carbocycles. The van der Waals surface area contributed by atoms with Gasteiger partial charge in [-0.25, -0.2) is 0 Å². The molecule has 4 aliphatic rings. The molecule has 1 unspecified atom stereocenters. The second kappa shape index (κ2) is 59.1. The molecule has 0 radical (unpaired) electrons. The number of aryl methyl sites for hydroxylation is 2. The van der Waals surface area contributed by atoms with Crippen molar-refractivity contribution in [2.45, 2.75) is 478 Å². The van der Waals surface area contributed by atoms with Crippen molar-refractivity contribution in [3.8, 4) is 0 Å². The highest BCUT2D eigenvalue weighted by molar-refractivity contribution is 6.31. The third-order valence-electron chi connectivity index (χ3n) is 21.2. The number of hydrogen-bond donors (Lipinski definition) is 0. The summed E-state index contributed by atoms with van der Waals surface area (Å²) in [7, 11) is 0. The number of hydrogen-bond acceptors (Lipinski definition) is 3. The highest BCUT2D eigenvalue weighted by atomic mass is 35.5. The van der Waals surface area contributed by atoms with Gasteiger partial charge in [-0.3, -0.25) is 14.7 Å². The maximum Gasteiger partial charge on any atom is 0.0437 e. The van der Waals surface area contributed by atoms with Gasteiger partial charge in [0, 0.05) is 21.6 Å². The lowest BCUT2D eigenvalue weighted by molar-refractivity contribution is 0.137. The molecule has 1 aliphatic heterocycles. The fraction of sp³-hybridized carbons (Fsp3) is 0.864. The van der Waals surface area contributed by atoms with Gasteiger partial charge in [0.25, 0.3) is 0 Å². The minimum atomic E-state index is 0.351. The van der Waals surface area contributed by atoms with E-state index in [0.29, 0.717) is 54.5 Å². The lowest BCUT2D eigenvalue weighted by Crippen LogP contribution is -2.42. The predicted molar refractivity (Wildman–Crippen MR) is 497 cm³/mol. The molecule has 0 spiro atoms. The Morgan fingerprint density at radius 1 is 0.411 bits per heavy atom. The Hall–Kier alpha value is -1.65. The molecule has 0 N–H and O–H groups in total. The Labute approximate surface area is 684 Å². The lowest BCUT2D eigenvalue weighted by Gasteiger charge is -2.35. The molecule has 1 atom stereocenters. The van der Waals surface area contributed by atoms with Crippen LogP contribution < -0.4 is 0 Å². The second-order valence-corrected chi connectivity index (χ2v) is 45.5. The van der Waals surface area contributed by atoms with E-state index in [-0.39, 0.29) is 0 Å². The summed E-state index contributed by atoms with van der Waals surface area (Å²) in [5, 5.41) is 0.895. The summed E-state index contributed by atoms with van der Waals surface area (Å²) >= 11 is 6.05. The van der Waals surface area contributed by atoms with Crippen LogP contribution in [0, 0.1) is 61.6 Å². The van der Waals surface area contributed by atoms with Crippen LogP contribution in [0.4, 0.5) is 0 Å². The van der Waals surface area contributed by atoms with Gasteiger partial charge in [0.2, 0.25) is 0 Å². The van der Waals surface area contributed by atoms with Crippen molar-refractivity contribution in [1.82, 2.24) is 14.7 Å². The van der Waals surface area contributed by atoms with Gasteiger partial charge >= 0.3 is 0 Å². The number of allylic oxidation sites excluding steroid dienone is 1. The van der Waals surface area contributed by atoms with E-state index >= 15 is 0 Å². The molecule has 0 aromatic heterocycles. The SMILES string of the molecule is C=CCCC(C)(C)C.CC(C)(C)CC1CCCC1.CC(C)(C)CC1CCCCC1.CC(C)(C)CC1CCCCCC1.CC(C)(C)CCCc1ccccc1.CC(C)(C)CCc1ccccc1Cl.CC(C)(C)N1CCCCCC1.CCC(C)CC(C)(C)C.CCCN(CCC)C(C)(C)C.CCN(CC)C(C)(C)C. The van der Waals surface area contributed by atoms with E-state index in [1.54, 1.807) is 0 Å². The summed E-state index contributed by atoms with van der Waals surface area (Å²) in [5.74, 6) is 4.03. The molecule has 636 valence electrons. The maximum absolute atomic E-state index is 6.05. The van der Waals surface area contributed by atoms with E-state index in [4.69, 9.17) is 11.6 Å². The predicted octanol–water partition coefficient (Wildman–Crippen LogP) is 34.5. The first-order chi connectivity index (χ1) is 49.0. The fourth-order valence-corrected chi connectivity index (χ4v) is 15.6. The summed E-state index contributed by atoms with van der Waals surface area (Å²) in [4.78, 5) is 7.60. The number of likely N-dealkylation sites (tertiary alicyclic amines) is 1. The first-order valence-electron chi connectivity index (χ1n) is 45.6. The summed E-state index contributed by atoms with van der Waals surface area (Å²) < 4.78 is 0. The highest BCUT2D eigenvalue weighted by Gasteiger charge is 2.25. The van der Waals surface area contributed by atoms with Crippen molar-refractivity contribution < 1.29 is 0 Å². The zero-order valence-corrected chi connectivity index (χ0v) is 81.3. The third kappa shape index (κ3) is 78.0. The monoisotopic (exact) mass is 1520 g/mol. The van der Waals surface area contributed by atoms with Gasteiger partial charge in [0.1, 0.15) is 0 Å². The highest BCUT2D eigenvalue weighted by Crippen LogP contribution is 2.37. The van der Waals surface area contributed by atoms with E-state index in [2.05, 4.69) is 307 Å². The van der Waals surface area contributed by atoms with Crippen molar-refractivity contribution in [2.75, 3.05) is 39.3 Å². The summed E-state index contributed by atoms with van der Waals surface area (Å²) in [5.41, 5.74) is 7.37. The smallest absolute Gasteiger partial charge is 0.0437 e. The van der Waals surface area contributed by atoms with Crippen LogP contribution in [0.15, 0.2) is 67.3 Å². The molecule has 2 aromatic carbocycles. The molecule has 4 heteroatoms. The van der Waals surface area contributed by atoms with E-state index in [9.17, 15) is 0 Å².